The van der Waals surface area contributed by atoms with Gasteiger partial charge in [0.2, 0.25) is 0 Å². The molecular formula is C11H16N2O. The zero-order valence-electron chi connectivity index (χ0n) is 8.49. The van der Waals surface area contributed by atoms with Crippen molar-refractivity contribution in [3.05, 3.63) is 24.0 Å². The second-order valence-corrected chi connectivity index (χ2v) is 3.72. The second-order valence-electron chi connectivity index (χ2n) is 3.72. The third-order valence-electron chi connectivity index (χ3n) is 2.44. The summed E-state index contributed by atoms with van der Waals surface area (Å²) in [6, 6.07) is 3.96. The van der Waals surface area contributed by atoms with Crippen LogP contribution in [0, 0.1) is 6.92 Å². The average Bonchev–Trinajstić information content (AvgIpc) is 2.23. The summed E-state index contributed by atoms with van der Waals surface area (Å²) in [7, 11) is 0. The summed E-state index contributed by atoms with van der Waals surface area (Å²) in [5, 5.41) is 3.32. The molecule has 3 nitrogen and oxygen atoms in total. The smallest absolute Gasteiger partial charge is 0.138 e. The number of nitrogens with zero attached hydrogens (tertiary/aromatic N) is 1. The Morgan fingerprint density at radius 2 is 2.43 bits per heavy atom. The summed E-state index contributed by atoms with van der Waals surface area (Å²) in [4.78, 5) is 4.20. The first kappa shape index (κ1) is 9.46. The van der Waals surface area contributed by atoms with Crippen LogP contribution in [0.1, 0.15) is 18.5 Å². The van der Waals surface area contributed by atoms with Gasteiger partial charge in [0.1, 0.15) is 11.9 Å². The Labute approximate surface area is 84.5 Å². The fourth-order valence-electron chi connectivity index (χ4n) is 1.64. The second kappa shape index (κ2) is 4.42. The highest BCUT2D eigenvalue weighted by molar-refractivity contribution is 5.19. The summed E-state index contributed by atoms with van der Waals surface area (Å²) in [6.45, 7) is 4.05. The molecule has 1 saturated heterocycles. The number of hydrogen-bond donors (Lipinski definition) is 1. The van der Waals surface area contributed by atoms with Gasteiger partial charge in [-0.15, -0.1) is 0 Å². The van der Waals surface area contributed by atoms with Crippen LogP contribution in [0.25, 0.3) is 0 Å². The van der Waals surface area contributed by atoms with Crippen molar-refractivity contribution in [2.45, 2.75) is 25.9 Å². The van der Waals surface area contributed by atoms with Crippen molar-refractivity contribution in [1.29, 1.82) is 0 Å². The van der Waals surface area contributed by atoms with Gasteiger partial charge >= 0.3 is 0 Å². The van der Waals surface area contributed by atoms with E-state index in [1.807, 2.05) is 19.1 Å². The third-order valence-corrected chi connectivity index (χ3v) is 2.44. The Balaban J connectivity index is 1.92. The summed E-state index contributed by atoms with van der Waals surface area (Å²) < 4.78 is 5.79. The summed E-state index contributed by atoms with van der Waals surface area (Å²) >= 11 is 0. The Hall–Kier alpha value is -1.09. The van der Waals surface area contributed by atoms with Gasteiger partial charge in [-0.3, -0.25) is 4.98 Å². The van der Waals surface area contributed by atoms with Crippen molar-refractivity contribution in [3.8, 4) is 5.75 Å². The van der Waals surface area contributed by atoms with Crippen LogP contribution in [0.15, 0.2) is 18.3 Å². The molecule has 76 valence electrons. The van der Waals surface area contributed by atoms with Crippen LogP contribution >= 0.6 is 0 Å². The highest BCUT2D eigenvalue weighted by Crippen LogP contribution is 2.14. The van der Waals surface area contributed by atoms with Gasteiger partial charge in [-0.2, -0.15) is 0 Å². The Morgan fingerprint density at radius 3 is 3.07 bits per heavy atom. The molecule has 1 aliphatic rings. The number of nitrogens with one attached hydrogen (secondary N) is 1. The van der Waals surface area contributed by atoms with Crippen molar-refractivity contribution in [2.75, 3.05) is 13.1 Å². The van der Waals surface area contributed by atoms with Crippen molar-refractivity contribution in [3.63, 3.8) is 0 Å². The molecule has 2 heterocycles. The Kier molecular flexibility index (Phi) is 2.99. The molecule has 0 saturated carbocycles. The van der Waals surface area contributed by atoms with Crippen LogP contribution in [0.5, 0.6) is 5.75 Å². The third kappa shape index (κ3) is 2.45. The molecule has 0 radical (unpaired) electrons. The number of ether oxygens (including phenoxy) is 1. The van der Waals surface area contributed by atoms with Gasteiger partial charge in [0.15, 0.2) is 0 Å². The summed E-state index contributed by atoms with van der Waals surface area (Å²) in [5.41, 5.74) is 1.03. The Morgan fingerprint density at radius 1 is 1.50 bits per heavy atom. The molecule has 0 spiro atoms. The fourth-order valence-corrected chi connectivity index (χ4v) is 1.64. The molecule has 1 aromatic rings. The van der Waals surface area contributed by atoms with Gasteiger partial charge in [-0.25, -0.2) is 0 Å². The lowest BCUT2D eigenvalue weighted by Crippen LogP contribution is -2.37. The van der Waals surface area contributed by atoms with E-state index in [1.165, 1.54) is 6.42 Å². The van der Waals surface area contributed by atoms with Crippen LogP contribution in [-0.4, -0.2) is 24.2 Å². The maximum atomic E-state index is 5.79. The number of aromatic nitrogens is 1. The zero-order valence-corrected chi connectivity index (χ0v) is 8.49. The molecule has 1 atom stereocenters. The van der Waals surface area contributed by atoms with E-state index >= 15 is 0 Å². The van der Waals surface area contributed by atoms with E-state index in [0.717, 1.165) is 31.0 Å². The standard InChI is InChI=1S/C11H16N2O/c1-9-4-5-11(8-13-9)14-10-3-2-6-12-7-10/h4-5,8,10,12H,2-3,6-7H2,1H3/t10-/m0/s1. The van der Waals surface area contributed by atoms with Crippen molar-refractivity contribution >= 4 is 0 Å². The van der Waals surface area contributed by atoms with Crippen LogP contribution in [0.3, 0.4) is 0 Å². The maximum Gasteiger partial charge on any atom is 0.138 e. The zero-order chi connectivity index (χ0) is 9.80. The van der Waals surface area contributed by atoms with E-state index < -0.39 is 0 Å². The topological polar surface area (TPSA) is 34.1 Å². The molecule has 14 heavy (non-hydrogen) atoms. The van der Waals surface area contributed by atoms with Gasteiger partial charge in [0.25, 0.3) is 0 Å². The fraction of sp³-hybridized carbons (Fsp3) is 0.545. The molecule has 1 aromatic heterocycles. The lowest BCUT2D eigenvalue weighted by atomic mass is 10.1. The first-order valence-electron chi connectivity index (χ1n) is 5.14. The first-order valence-corrected chi connectivity index (χ1v) is 5.14. The molecule has 2 rings (SSSR count). The quantitative estimate of drug-likeness (QED) is 0.771. The monoisotopic (exact) mass is 192 g/mol. The van der Waals surface area contributed by atoms with Gasteiger partial charge < -0.3 is 10.1 Å². The van der Waals surface area contributed by atoms with Gasteiger partial charge in [0.05, 0.1) is 6.20 Å². The van der Waals surface area contributed by atoms with E-state index in [2.05, 4.69) is 10.3 Å². The molecule has 0 aliphatic carbocycles. The van der Waals surface area contributed by atoms with Crippen LogP contribution < -0.4 is 10.1 Å². The molecule has 0 bridgehead atoms. The normalized spacial score (nSPS) is 21.9. The number of rotatable bonds is 2. The van der Waals surface area contributed by atoms with E-state index in [4.69, 9.17) is 4.74 Å². The molecule has 3 heteroatoms. The number of pyridine rings is 1. The van der Waals surface area contributed by atoms with E-state index in [1.54, 1.807) is 6.20 Å². The minimum atomic E-state index is 0.313. The van der Waals surface area contributed by atoms with Gasteiger partial charge in [0, 0.05) is 12.2 Å². The molecule has 0 aromatic carbocycles. The first-order chi connectivity index (χ1) is 6.84. The largest absolute Gasteiger partial charge is 0.487 e. The predicted octanol–water partition coefficient (Wildman–Crippen LogP) is 1.52. The highest BCUT2D eigenvalue weighted by Gasteiger charge is 2.13. The molecular weight excluding hydrogens is 176 g/mol. The minimum absolute atomic E-state index is 0.313. The molecule has 0 amide bonds. The van der Waals surface area contributed by atoms with Crippen molar-refractivity contribution < 1.29 is 4.74 Å². The van der Waals surface area contributed by atoms with Crippen molar-refractivity contribution in [1.82, 2.24) is 10.3 Å². The molecule has 0 unspecified atom stereocenters. The number of hydrogen-bond acceptors (Lipinski definition) is 3. The maximum absolute atomic E-state index is 5.79. The lowest BCUT2D eigenvalue weighted by Gasteiger charge is -2.23. The van der Waals surface area contributed by atoms with Crippen molar-refractivity contribution in [2.24, 2.45) is 0 Å². The Bertz CT molecular complexity index is 278. The highest BCUT2D eigenvalue weighted by atomic mass is 16.5. The van der Waals surface area contributed by atoms with E-state index in [-0.39, 0.29) is 0 Å². The van der Waals surface area contributed by atoms with Crippen LogP contribution in [-0.2, 0) is 0 Å². The average molecular weight is 192 g/mol. The van der Waals surface area contributed by atoms with Gasteiger partial charge in [-0.1, -0.05) is 0 Å². The lowest BCUT2D eigenvalue weighted by molar-refractivity contribution is 0.166. The number of piperidine rings is 1. The van der Waals surface area contributed by atoms with Gasteiger partial charge in [-0.05, 0) is 38.4 Å². The van der Waals surface area contributed by atoms with E-state index in [9.17, 15) is 0 Å². The van der Waals surface area contributed by atoms with E-state index in [0.29, 0.717) is 6.10 Å². The minimum Gasteiger partial charge on any atom is -0.487 e. The van der Waals surface area contributed by atoms with Crippen LogP contribution in [0.2, 0.25) is 0 Å². The number of aryl methyl sites for hydroxylation is 1. The molecule has 1 aliphatic heterocycles. The predicted molar refractivity (Wildman–Crippen MR) is 55.5 cm³/mol. The molecule has 1 N–H and O–H groups in total. The molecule has 1 fully saturated rings. The SMILES string of the molecule is Cc1ccc(O[C@H]2CCCNC2)cn1. The summed E-state index contributed by atoms with van der Waals surface area (Å²) in [5.74, 6) is 0.879. The van der Waals surface area contributed by atoms with Crippen LogP contribution in [0.4, 0.5) is 0 Å². The summed E-state index contributed by atoms with van der Waals surface area (Å²) in [6.07, 6.45) is 4.45.